The molecule has 5 heteroatoms. The molecule has 0 saturated heterocycles. The van der Waals surface area contributed by atoms with Crippen molar-refractivity contribution >= 4 is 9.84 Å². The summed E-state index contributed by atoms with van der Waals surface area (Å²) in [7, 11) is -0.136. The molecule has 1 aromatic rings. The van der Waals surface area contributed by atoms with Crippen molar-refractivity contribution in [1.29, 1.82) is 0 Å². The van der Waals surface area contributed by atoms with Gasteiger partial charge in [-0.3, -0.25) is 0 Å². The van der Waals surface area contributed by atoms with Crippen LogP contribution in [0, 0.1) is 5.92 Å². The Morgan fingerprint density at radius 1 is 1.11 bits per heavy atom. The quantitative estimate of drug-likeness (QED) is 0.713. The van der Waals surface area contributed by atoms with Crippen molar-refractivity contribution in [3.05, 3.63) is 30.3 Å². The number of benzene rings is 1. The first kappa shape index (κ1) is 15.1. The van der Waals surface area contributed by atoms with E-state index in [1.54, 1.807) is 44.6 Å². The van der Waals surface area contributed by atoms with Crippen molar-refractivity contribution in [3.8, 4) is 0 Å². The first-order chi connectivity index (χ1) is 8.49. The minimum absolute atomic E-state index is 0.0277. The third-order valence-corrected chi connectivity index (χ3v) is 4.73. The van der Waals surface area contributed by atoms with Crippen LogP contribution in [0.2, 0.25) is 0 Å². The van der Waals surface area contributed by atoms with Gasteiger partial charge in [0.05, 0.1) is 10.6 Å². The molecule has 0 aliphatic carbocycles. The first-order valence-corrected chi connectivity index (χ1v) is 7.48. The van der Waals surface area contributed by atoms with Gasteiger partial charge >= 0.3 is 0 Å². The number of ether oxygens (including phenoxy) is 2. The zero-order valence-electron chi connectivity index (χ0n) is 11.0. The van der Waals surface area contributed by atoms with Crippen LogP contribution in [0.1, 0.15) is 13.3 Å². The Balaban J connectivity index is 2.67. The van der Waals surface area contributed by atoms with Gasteiger partial charge in [0.25, 0.3) is 0 Å². The van der Waals surface area contributed by atoms with Crippen LogP contribution < -0.4 is 0 Å². The standard InChI is InChI=1S/C13H20O4S/c1-11(9-13(16-2)17-3)10-18(14,15)12-7-5-4-6-8-12/h4-8,11,13H,9-10H2,1-3H3/t11-/m1/s1. The van der Waals surface area contributed by atoms with Crippen molar-refractivity contribution in [2.75, 3.05) is 20.0 Å². The van der Waals surface area contributed by atoms with E-state index >= 15 is 0 Å². The highest BCUT2D eigenvalue weighted by molar-refractivity contribution is 7.91. The van der Waals surface area contributed by atoms with E-state index in [9.17, 15) is 8.42 Å². The molecule has 102 valence electrons. The molecule has 1 atom stereocenters. The van der Waals surface area contributed by atoms with Gasteiger partial charge in [0, 0.05) is 20.6 Å². The molecule has 0 fully saturated rings. The molecule has 0 aromatic heterocycles. The summed E-state index contributed by atoms with van der Waals surface area (Å²) in [5.74, 6) is 0.0698. The van der Waals surface area contributed by atoms with E-state index in [-0.39, 0.29) is 18.0 Å². The Bertz CT molecular complexity index is 437. The van der Waals surface area contributed by atoms with Crippen LogP contribution in [-0.4, -0.2) is 34.7 Å². The lowest BCUT2D eigenvalue weighted by Gasteiger charge is -2.18. The molecule has 0 aliphatic rings. The topological polar surface area (TPSA) is 52.6 Å². The summed E-state index contributed by atoms with van der Waals surface area (Å²) >= 11 is 0. The summed E-state index contributed by atoms with van der Waals surface area (Å²) in [6.07, 6.45) is 0.199. The number of rotatable bonds is 7. The average molecular weight is 272 g/mol. The van der Waals surface area contributed by atoms with Crippen LogP contribution in [0.4, 0.5) is 0 Å². The van der Waals surface area contributed by atoms with E-state index in [0.29, 0.717) is 11.3 Å². The van der Waals surface area contributed by atoms with Crippen LogP contribution in [0.25, 0.3) is 0 Å². The van der Waals surface area contributed by atoms with Gasteiger partial charge in [0.1, 0.15) is 0 Å². The molecule has 0 unspecified atom stereocenters. The molecular weight excluding hydrogens is 252 g/mol. The second-order valence-corrected chi connectivity index (χ2v) is 6.37. The second kappa shape index (κ2) is 6.87. The van der Waals surface area contributed by atoms with E-state index in [4.69, 9.17) is 9.47 Å². The minimum Gasteiger partial charge on any atom is -0.356 e. The zero-order valence-corrected chi connectivity index (χ0v) is 11.8. The van der Waals surface area contributed by atoms with Crippen LogP contribution >= 0.6 is 0 Å². The molecule has 0 saturated carbocycles. The van der Waals surface area contributed by atoms with Crippen LogP contribution in [0.15, 0.2) is 35.2 Å². The highest BCUT2D eigenvalue weighted by Gasteiger charge is 2.20. The summed E-state index contributed by atoms with van der Waals surface area (Å²) in [4.78, 5) is 0.364. The normalized spacial score (nSPS) is 13.8. The fourth-order valence-corrected chi connectivity index (χ4v) is 3.43. The monoisotopic (exact) mass is 272 g/mol. The van der Waals surface area contributed by atoms with Gasteiger partial charge in [-0.25, -0.2) is 8.42 Å². The molecule has 4 nitrogen and oxygen atoms in total. The number of hydrogen-bond acceptors (Lipinski definition) is 4. The Morgan fingerprint density at radius 2 is 1.67 bits per heavy atom. The van der Waals surface area contributed by atoms with Crippen molar-refractivity contribution < 1.29 is 17.9 Å². The summed E-state index contributed by atoms with van der Waals surface area (Å²) in [5, 5.41) is 0. The van der Waals surface area contributed by atoms with Crippen LogP contribution in [0.3, 0.4) is 0 Å². The van der Waals surface area contributed by atoms with Crippen LogP contribution in [-0.2, 0) is 19.3 Å². The molecule has 0 radical (unpaired) electrons. The maximum atomic E-state index is 12.1. The molecule has 0 heterocycles. The molecule has 0 aliphatic heterocycles. The second-order valence-electron chi connectivity index (χ2n) is 4.34. The SMILES string of the molecule is COC(C[C@@H](C)CS(=O)(=O)c1ccccc1)OC. The number of hydrogen-bond donors (Lipinski definition) is 0. The van der Waals surface area contributed by atoms with Gasteiger partial charge in [0.2, 0.25) is 0 Å². The molecule has 0 amide bonds. The minimum atomic E-state index is -3.23. The highest BCUT2D eigenvalue weighted by atomic mass is 32.2. The van der Waals surface area contributed by atoms with E-state index in [0.717, 1.165) is 0 Å². The lowest BCUT2D eigenvalue weighted by atomic mass is 10.1. The van der Waals surface area contributed by atoms with E-state index in [2.05, 4.69) is 0 Å². The molecular formula is C13H20O4S. The van der Waals surface area contributed by atoms with E-state index in [1.807, 2.05) is 6.92 Å². The molecule has 0 bridgehead atoms. The van der Waals surface area contributed by atoms with Gasteiger partial charge in [-0.2, -0.15) is 0 Å². The predicted molar refractivity (Wildman–Crippen MR) is 70.1 cm³/mol. The largest absolute Gasteiger partial charge is 0.356 e. The van der Waals surface area contributed by atoms with Gasteiger partial charge in [-0.1, -0.05) is 25.1 Å². The number of sulfone groups is 1. The third-order valence-electron chi connectivity index (χ3n) is 2.73. The Kier molecular flexibility index (Phi) is 5.78. The molecule has 0 spiro atoms. The zero-order chi connectivity index (χ0) is 13.6. The van der Waals surface area contributed by atoms with Crippen LogP contribution in [0.5, 0.6) is 0 Å². The summed E-state index contributed by atoms with van der Waals surface area (Å²) < 4.78 is 34.4. The van der Waals surface area contributed by atoms with Crippen molar-refractivity contribution in [3.63, 3.8) is 0 Å². The van der Waals surface area contributed by atoms with Crippen molar-refractivity contribution in [2.24, 2.45) is 5.92 Å². The molecule has 18 heavy (non-hydrogen) atoms. The van der Waals surface area contributed by atoms with E-state index < -0.39 is 9.84 Å². The maximum absolute atomic E-state index is 12.1. The summed E-state index contributed by atoms with van der Waals surface area (Å²) in [5.41, 5.74) is 0. The Labute approximate surface area is 109 Å². The molecule has 1 aromatic carbocycles. The lowest BCUT2D eigenvalue weighted by molar-refractivity contribution is -0.111. The first-order valence-electron chi connectivity index (χ1n) is 5.83. The molecule has 1 rings (SSSR count). The Hall–Kier alpha value is -0.910. The van der Waals surface area contributed by atoms with Gasteiger partial charge < -0.3 is 9.47 Å². The van der Waals surface area contributed by atoms with Gasteiger partial charge in [0.15, 0.2) is 16.1 Å². The fraction of sp³-hybridized carbons (Fsp3) is 0.538. The molecule has 0 N–H and O–H groups in total. The number of methoxy groups -OCH3 is 2. The summed E-state index contributed by atoms with van der Waals surface area (Å²) in [6, 6.07) is 8.49. The van der Waals surface area contributed by atoms with Crippen molar-refractivity contribution in [1.82, 2.24) is 0 Å². The average Bonchev–Trinajstić information content (AvgIpc) is 2.36. The van der Waals surface area contributed by atoms with Gasteiger partial charge in [-0.05, 0) is 18.1 Å². The van der Waals surface area contributed by atoms with Gasteiger partial charge in [-0.15, -0.1) is 0 Å². The predicted octanol–water partition coefficient (Wildman–Crippen LogP) is 2.11. The fourth-order valence-electron chi connectivity index (χ4n) is 1.78. The van der Waals surface area contributed by atoms with E-state index in [1.165, 1.54) is 0 Å². The third kappa shape index (κ3) is 4.40. The maximum Gasteiger partial charge on any atom is 0.178 e. The lowest BCUT2D eigenvalue weighted by Crippen LogP contribution is -2.22. The summed E-state index contributed by atoms with van der Waals surface area (Å²) in [6.45, 7) is 1.88. The smallest absolute Gasteiger partial charge is 0.178 e. The van der Waals surface area contributed by atoms with Crippen molar-refractivity contribution in [2.45, 2.75) is 24.5 Å². The Morgan fingerprint density at radius 3 is 2.17 bits per heavy atom. The highest BCUT2D eigenvalue weighted by Crippen LogP contribution is 2.17.